The summed E-state index contributed by atoms with van der Waals surface area (Å²) in [5, 5.41) is 3.48. The van der Waals surface area contributed by atoms with Gasteiger partial charge in [-0.2, -0.15) is 0 Å². The zero-order valence-electron chi connectivity index (χ0n) is 12.1. The molecule has 2 rings (SSSR count). The molecule has 1 aliphatic carbocycles. The van der Waals surface area contributed by atoms with E-state index in [1.165, 1.54) is 25.7 Å². The van der Waals surface area contributed by atoms with E-state index < -0.39 is 0 Å². The molecule has 2 atom stereocenters. The average molecular weight is 252 g/mol. The van der Waals surface area contributed by atoms with Crippen molar-refractivity contribution in [3.05, 3.63) is 11.6 Å². The van der Waals surface area contributed by atoms with Crippen LogP contribution in [0.5, 0.6) is 0 Å². The Morgan fingerprint density at radius 2 is 2.22 bits per heavy atom. The van der Waals surface area contributed by atoms with Gasteiger partial charge in [-0.3, -0.25) is 4.90 Å². The van der Waals surface area contributed by atoms with Gasteiger partial charge in [-0.25, -0.2) is 0 Å². The molecule has 0 aromatic carbocycles. The predicted octanol–water partition coefficient (Wildman–Crippen LogP) is 2.18. The highest BCUT2D eigenvalue weighted by Crippen LogP contribution is 2.24. The summed E-state index contributed by atoms with van der Waals surface area (Å²) < 4.78 is 6.02. The van der Waals surface area contributed by atoms with Crippen LogP contribution in [0.2, 0.25) is 0 Å². The summed E-state index contributed by atoms with van der Waals surface area (Å²) in [4.78, 5) is 2.53. The molecule has 3 heteroatoms. The normalized spacial score (nSPS) is 28.2. The van der Waals surface area contributed by atoms with Crippen LogP contribution in [0.3, 0.4) is 0 Å². The fourth-order valence-corrected chi connectivity index (χ4v) is 3.12. The number of likely N-dealkylation sites (N-methyl/N-ethyl adjacent to an activating group) is 1. The average Bonchev–Trinajstić information content (AvgIpc) is 2.41. The van der Waals surface area contributed by atoms with Crippen molar-refractivity contribution in [1.29, 1.82) is 0 Å². The molecular formula is C15H28N2O. The van der Waals surface area contributed by atoms with E-state index in [2.05, 4.69) is 37.2 Å². The van der Waals surface area contributed by atoms with Crippen molar-refractivity contribution >= 4 is 0 Å². The first-order valence-corrected chi connectivity index (χ1v) is 7.44. The Balaban J connectivity index is 2.00. The summed E-state index contributed by atoms with van der Waals surface area (Å²) in [7, 11) is 2.07. The molecule has 2 unspecified atom stereocenters. The molecular weight excluding hydrogens is 224 g/mol. The molecule has 0 radical (unpaired) electrons. The molecule has 0 aromatic heterocycles. The number of nitrogens with one attached hydrogen (secondary N) is 1. The van der Waals surface area contributed by atoms with Gasteiger partial charge in [-0.05, 0) is 46.6 Å². The van der Waals surface area contributed by atoms with E-state index in [4.69, 9.17) is 4.74 Å². The fraction of sp³-hybridized carbons (Fsp3) is 0.867. The monoisotopic (exact) mass is 252 g/mol. The maximum Gasteiger partial charge on any atom is 0.0893 e. The lowest BCUT2D eigenvalue weighted by Crippen LogP contribution is -2.53. The number of nitrogens with zero attached hydrogens (tertiary/aromatic N) is 1. The van der Waals surface area contributed by atoms with Crippen molar-refractivity contribution in [2.75, 3.05) is 26.7 Å². The summed E-state index contributed by atoms with van der Waals surface area (Å²) in [6, 6.07) is 1.03. The molecule has 0 amide bonds. The minimum atomic E-state index is 0.315. The number of hydrogen-bond donors (Lipinski definition) is 1. The Morgan fingerprint density at radius 1 is 1.39 bits per heavy atom. The smallest absolute Gasteiger partial charge is 0.0893 e. The molecule has 0 spiro atoms. The first kappa shape index (κ1) is 14.0. The number of rotatable bonds is 4. The highest BCUT2D eigenvalue weighted by Gasteiger charge is 2.30. The van der Waals surface area contributed by atoms with Gasteiger partial charge in [-0.15, -0.1) is 0 Å². The minimum absolute atomic E-state index is 0.315. The van der Waals surface area contributed by atoms with Crippen molar-refractivity contribution in [2.24, 2.45) is 0 Å². The topological polar surface area (TPSA) is 24.5 Å². The largest absolute Gasteiger partial charge is 0.374 e. The standard InChI is InChI=1S/C15H28N2O/c1-12(2)17-9-10-18-14(11-17)15(16-3)13-7-5-4-6-8-13/h7,12,14-16H,4-6,8-11H2,1-3H3. The molecule has 1 saturated heterocycles. The van der Waals surface area contributed by atoms with Crippen molar-refractivity contribution in [3.63, 3.8) is 0 Å². The Morgan fingerprint density at radius 3 is 2.83 bits per heavy atom. The van der Waals surface area contributed by atoms with Crippen LogP contribution < -0.4 is 5.32 Å². The first-order valence-electron chi connectivity index (χ1n) is 7.44. The number of ether oxygens (including phenoxy) is 1. The van der Waals surface area contributed by atoms with Crippen LogP contribution >= 0.6 is 0 Å². The van der Waals surface area contributed by atoms with Crippen LogP contribution in [0.15, 0.2) is 11.6 Å². The van der Waals surface area contributed by atoms with Crippen LogP contribution in [-0.2, 0) is 4.74 Å². The van der Waals surface area contributed by atoms with Gasteiger partial charge in [0, 0.05) is 19.1 Å². The van der Waals surface area contributed by atoms with Gasteiger partial charge in [0.15, 0.2) is 0 Å². The number of allylic oxidation sites excluding steroid dienone is 1. The predicted molar refractivity (Wildman–Crippen MR) is 75.8 cm³/mol. The molecule has 1 heterocycles. The second-order valence-electron chi connectivity index (χ2n) is 5.79. The zero-order valence-corrected chi connectivity index (χ0v) is 12.1. The quantitative estimate of drug-likeness (QED) is 0.776. The third-order valence-corrected chi connectivity index (χ3v) is 4.26. The lowest BCUT2D eigenvalue weighted by atomic mass is 9.90. The van der Waals surface area contributed by atoms with E-state index in [0.717, 1.165) is 19.7 Å². The molecule has 3 nitrogen and oxygen atoms in total. The van der Waals surface area contributed by atoms with Gasteiger partial charge in [0.25, 0.3) is 0 Å². The summed E-state index contributed by atoms with van der Waals surface area (Å²) in [6.07, 6.45) is 7.92. The third-order valence-electron chi connectivity index (χ3n) is 4.26. The van der Waals surface area contributed by atoms with Crippen molar-refractivity contribution in [1.82, 2.24) is 10.2 Å². The summed E-state index contributed by atoms with van der Waals surface area (Å²) in [5.41, 5.74) is 1.57. The summed E-state index contributed by atoms with van der Waals surface area (Å²) >= 11 is 0. The molecule has 1 fully saturated rings. The highest BCUT2D eigenvalue weighted by molar-refractivity contribution is 5.16. The molecule has 18 heavy (non-hydrogen) atoms. The number of morpholine rings is 1. The second-order valence-corrected chi connectivity index (χ2v) is 5.79. The Hall–Kier alpha value is -0.380. The molecule has 0 aromatic rings. The molecule has 104 valence electrons. The molecule has 1 N–H and O–H groups in total. The lowest BCUT2D eigenvalue weighted by Gasteiger charge is -2.40. The maximum atomic E-state index is 6.02. The number of hydrogen-bond acceptors (Lipinski definition) is 3. The second kappa shape index (κ2) is 6.69. The first-order chi connectivity index (χ1) is 8.72. The zero-order chi connectivity index (χ0) is 13.0. The van der Waals surface area contributed by atoms with Crippen molar-refractivity contribution in [2.45, 2.75) is 57.7 Å². The van der Waals surface area contributed by atoms with E-state index in [-0.39, 0.29) is 0 Å². The highest BCUT2D eigenvalue weighted by atomic mass is 16.5. The van der Waals surface area contributed by atoms with E-state index in [0.29, 0.717) is 18.2 Å². The Bertz CT molecular complexity index is 288. The van der Waals surface area contributed by atoms with Gasteiger partial charge >= 0.3 is 0 Å². The Kier molecular flexibility index (Phi) is 5.22. The maximum absolute atomic E-state index is 6.02. The molecule has 1 aliphatic heterocycles. The van der Waals surface area contributed by atoms with Crippen LogP contribution in [0.25, 0.3) is 0 Å². The van der Waals surface area contributed by atoms with Gasteiger partial charge < -0.3 is 10.1 Å². The van der Waals surface area contributed by atoms with Crippen molar-refractivity contribution < 1.29 is 4.74 Å². The van der Waals surface area contributed by atoms with Gasteiger partial charge in [-0.1, -0.05) is 11.6 Å². The molecule has 0 saturated carbocycles. The Labute approximate surface area is 112 Å². The van der Waals surface area contributed by atoms with E-state index in [1.807, 2.05) is 0 Å². The van der Waals surface area contributed by atoms with Crippen LogP contribution in [0.1, 0.15) is 39.5 Å². The van der Waals surface area contributed by atoms with Gasteiger partial charge in [0.05, 0.1) is 18.8 Å². The van der Waals surface area contributed by atoms with E-state index >= 15 is 0 Å². The van der Waals surface area contributed by atoms with Crippen LogP contribution in [0, 0.1) is 0 Å². The minimum Gasteiger partial charge on any atom is -0.374 e. The SMILES string of the molecule is CNC(C1=CCCCC1)C1CN(C(C)C)CCO1. The van der Waals surface area contributed by atoms with Gasteiger partial charge in [0.2, 0.25) is 0 Å². The van der Waals surface area contributed by atoms with Crippen LogP contribution in [-0.4, -0.2) is 49.8 Å². The van der Waals surface area contributed by atoms with Crippen LogP contribution in [0.4, 0.5) is 0 Å². The van der Waals surface area contributed by atoms with Gasteiger partial charge in [0.1, 0.15) is 0 Å². The van der Waals surface area contributed by atoms with E-state index in [1.54, 1.807) is 5.57 Å². The summed E-state index contributed by atoms with van der Waals surface area (Å²) in [6.45, 7) is 7.55. The molecule has 2 aliphatic rings. The lowest BCUT2D eigenvalue weighted by molar-refractivity contribution is -0.0494. The van der Waals surface area contributed by atoms with E-state index in [9.17, 15) is 0 Å². The fourth-order valence-electron chi connectivity index (χ4n) is 3.12. The third kappa shape index (κ3) is 3.34. The summed E-state index contributed by atoms with van der Waals surface area (Å²) in [5.74, 6) is 0. The molecule has 0 bridgehead atoms. The van der Waals surface area contributed by atoms with Crippen molar-refractivity contribution in [3.8, 4) is 0 Å².